The topological polar surface area (TPSA) is 106 Å². The number of aromatic nitrogens is 5. The molecule has 1 aromatic carbocycles. The van der Waals surface area contributed by atoms with Crippen LogP contribution in [0.25, 0.3) is 17.0 Å². The van der Waals surface area contributed by atoms with E-state index in [0.29, 0.717) is 17.0 Å². The zero-order valence-electron chi connectivity index (χ0n) is 9.15. The lowest BCUT2D eigenvalue weighted by molar-refractivity contribution is 0.913. The molecule has 2 aromatic heterocycles. The number of rotatable bonds is 1. The fourth-order valence-electron chi connectivity index (χ4n) is 1.57. The first-order chi connectivity index (χ1) is 8.78. The standard InChI is InChI=1S/C11H7N7/c12-5-7-1-3-8(4-2-7)9-6-14-18-10(13)16-17-11(18)15-9/h1-4,6H,(H2,13,16). The Morgan fingerprint density at radius 2 is 1.94 bits per heavy atom. The number of nitrogen functional groups attached to an aromatic ring is 1. The second kappa shape index (κ2) is 3.78. The van der Waals surface area contributed by atoms with Gasteiger partial charge in [-0.15, -0.1) is 10.2 Å². The molecule has 0 aliphatic carbocycles. The molecule has 2 N–H and O–H groups in total. The molecule has 2 heterocycles. The third kappa shape index (κ3) is 1.53. The SMILES string of the molecule is N#Cc1ccc(-c2cnn3c(N)nnc3n2)cc1. The second-order valence-electron chi connectivity index (χ2n) is 3.60. The number of nitrogens with zero attached hydrogens (tertiary/aromatic N) is 6. The maximum absolute atomic E-state index is 8.73. The van der Waals surface area contributed by atoms with E-state index < -0.39 is 0 Å². The van der Waals surface area contributed by atoms with Crippen molar-refractivity contribution in [1.29, 1.82) is 5.26 Å². The number of nitrogens with two attached hydrogens (primary N) is 1. The van der Waals surface area contributed by atoms with E-state index >= 15 is 0 Å². The van der Waals surface area contributed by atoms with E-state index in [1.165, 1.54) is 4.52 Å². The maximum Gasteiger partial charge on any atom is 0.274 e. The zero-order valence-corrected chi connectivity index (χ0v) is 9.15. The second-order valence-corrected chi connectivity index (χ2v) is 3.60. The molecule has 0 radical (unpaired) electrons. The van der Waals surface area contributed by atoms with Crippen molar-refractivity contribution in [3.05, 3.63) is 36.0 Å². The maximum atomic E-state index is 8.73. The van der Waals surface area contributed by atoms with Crippen molar-refractivity contribution in [2.24, 2.45) is 0 Å². The van der Waals surface area contributed by atoms with Crippen LogP contribution >= 0.6 is 0 Å². The first-order valence-corrected chi connectivity index (χ1v) is 5.12. The number of hydrogen-bond donors (Lipinski definition) is 1. The van der Waals surface area contributed by atoms with Crippen LogP contribution in [-0.4, -0.2) is 24.8 Å². The minimum atomic E-state index is 0.198. The van der Waals surface area contributed by atoms with Crippen molar-refractivity contribution in [1.82, 2.24) is 24.8 Å². The van der Waals surface area contributed by atoms with Crippen LogP contribution in [-0.2, 0) is 0 Å². The minimum Gasteiger partial charge on any atom is -0.366 e. The number of hydrogen-bond acceptors (Lipinski definition) is 6. The summed E-state index contributed by atoms with van der Waals surface area (Å²) in [6, 6.07) is 9.11. The summed E-state index contributed by atoms with van der Waals surface area (Å²) in [5, 5.41) is 20.3. The predicted octanol–water partition coefficient (Wildman–Crippen LogP) is 0.640. The van der Waals surface area contributed by atoms with E-state index in [9.17, 15) is 0 Å². The van der Waals surface area contributed by atoms with Crippen LogP contribution < -0.4 is 5.73 Å². The molecule has 0 saturated heterocycles. The van der Waals surface area contributed by atoms with Crippen molar-refractivity contribution in [3.63, 3.8) is 0 Å². The molecule has 3 rings (SSSR count). The quantitative estimate of drug-likeness (QED) is 0.665. The van der Waals surface area contributed by atoms with Crippen molar-refractivity contribution >= 4 is 11.7 Å². The Morgan fingerprint density at radius 1 is 1.17 bits per heavy atom. The molecule has 0 unspecified atom stereocenters. The van der Waals surface area contributed by atoms with Crippen molar-refractivity contribution in [2.45, 2.75) is 0 Å². The zero-order chi connectivity index (χ0) is 12.5. The van der Waals surface area contributed by atoms with E-state index in [-0.39, 0.29) is 5.95 Å². The summed E-state index contributed by atoms with van der Waals surface area (Å²) < 4.78 is 1.35. The van der Waals surface area contributed by atoms with Gasteiger partial charge in [-0.1, -0.05) is 12.1 Å². The van der Waals surface area contributed by atoms with E-state index in [2.05, 4.69) is 26.3 Å². The number of benzene rings is 1. The van der Waals surface area contributed by atoms with Gasteiger partial charge >= 0.3 is 0 Å². The molecule has 0 saturated carbocycles. The molecule has 0 bridgehead atoms. The highest BCUT2D eigenvalue weighted by Crippen LogP contribution is 2.17. The van der Waals surface area contributed by atoms with E-state index in [4.69, 9.17) is 11.0 Å². The van der Waals surface area contributed by atoms with Crippen molar-refractivity contribution in [2.75, 3.05) is 5.73 Å². The van der Waals surface area contributed by atoms with Crippen LogP contribution in [0.15, 0.2) is 30.5 Å². The van der Waals surface area contributed by atoms with E-state index in [1.807, 2.05) is 0 Å². The number of nitriles is 1. The van der Waals surface area contributed by atoms with Gasteiger partial charge in [0.25, 0.3) is 5.78 Å². The van der Waals surface area contributed by atoms with Crippen LogP contribution in [0.3, 0.4) is 0 Å². The highest BCUT2D eigenvalue weighted by molar-refractivity contribution is 5.60. The molecule has 0 fully saturated rings. The van der Waals surface area contributed by atoms with Crippen LogP contribution in [0.1, 0.15) is 5.56 Å². The van der Waals surface area contributed by atoms with Gasteiger partial charge in [0.05, 0.1) is 23.5 Å². The first kappa shape index (κ1) is 10.2. The highest BCUT2D eigenvalue weighted by atomic mass is 15.4. The van der Waals surface area contributed by atoms with Crippen molar-refractivity contribution in [3.8, 4) is 17.3 Å². The Morgan fingerprint density at radius 3 is 2.67 bits per heavy atom. The van der Waals surface area contributed by atoms with Crippen LogP contribution in [0.4, 0.5) is 5.95 Å². The van der Waals surface area contributed by atoms with Gasteiger partial charge in [-0.3, -0.25) is 0 Å². The van der Waals surface area contributed by atoms with E-state index in [0.717, 1.165) is 5.56 Å². The lowest BCUT2D eigenvalue weighted by Crippen LogP contribution is -2.00. The van der Waals surface area contributed by atoms with Crippen LogP contribution in [0.2, 0.25) is 0 Å². The number of fused-ring (bicyclic) bond motifs is 1. The van der Waals surface area contributed by atoms with Gasteiger partial charge in [0.15, 0.2) is 0 Å². The predicted molar refractivity (Wildman–Crippen MR) is 63.1 cm³/mol. The average molecular weight is 237 g/mol. The molecule has 0 aliphatic rings. The molecule has 18 heavy (non-hydrogen) atoms. The molecule has 0 amide bonds. The minimum absolute atomic E-state index is 0.198. The van der Waals surface area contributed by atoms with Gasteiger partial charge in [-0.05, 0) is 12.1 Å². The summed E-state index contributed by atoms with van der Waals surface area (Å²) in [7, 11) is 0. The molecule has 0 atom stereocenters. The summed E-state index contributed by atoms with van der Waals surface area (Å²) in [4.78, 5) is 4.29. The largest absolute Gasteiger partial charge is 0.366 e. The Bertz CT molecular complexity index is 751. The monoisotopic (exact) mass is 237 g/mol. The Kier molecular flexibility index (Phi) is 2.13. The van der Waals surface area contributed by atoms with Gasteiger partial charge in [0.1, 0.15) is 0 Å². The summed E-state index contributed by atoms with van der Waals surface area (Å²) in [6.07, 6.45) is 1.58. The van der Waals surface area contributed by atoms with Gasteiger partial charge in [0, 0.05) is 5.56 Å². The van der Waals surface area contributed by atoms with Crippen molar-refractivity contribution < 1.29 is 0 Å². The molecular formula is C11H7N7. The van der Waals surface area contributed by atoms with Gasteiger partial charge < -0.3 is 5.73 Å². The van der Waals surface area contributed by atoms with E-state index in [1.54, 1.807) is 30.5 Å². The Hall–Kier alpha value is -3.01. The van der Waals surface area contributed by atoms with Gasteiger partial charge in [-0.2, -0.15) is 14.9 Å². The van der Waals surface area contributed by atoms with Gasteiger partial charge in [0.2, 0.25) is 5.95 Å². The fourth-order valence-corrected chi connectivity index (χ4v) is 1.57. The Balaban J connectivity index is 2.10. The third-order valence-corrected chi connectivity index (χ3v) is 2.47. The highest BCUT2D eigenvalue weighted by Gasteiger charge is 2.06. The molecule has 0 aliphatic heterocycles. The number of anilines is 1. The lowest BCUT2D eigenvalue weighted by atomic mass is 10.1. The normalized spacial score (nSPS) is 10.4. The molecule has 0 spiro atoms. The van der Waals surface area contributed by atoms with Crippen LogP contribution in [0, 0.1) is 11.3 Å². The molecule has 7 nitrogen and oxygen atoms in total. The molecule has 3 aromatic rings. The molecule has 86 valence electrons. The lowest BCUT2D eigenvalue weighted by Gasteiger charge is -2.00. The summed E-state index contributed by atoms with van der Waals surface area (Å²) in [6.45, 7) is 0. The van der Waals surface area contributed by atoms with Crippen LogP contribution in [0.5, 0.6) is 0 Å². The summed E-state index contributed by atoms with van der Waals surface area (Å²) >= 11 is 0. The molecule has 7 heteroatoms. The average Bonchev–Trinajstić information content (AvgIpc) is 2.80. The van der Waals surface area contributed by atoms with Gasteiger partial charge in [-0.25, -0.2) is 4.98 Å². The smallest absolute Gasteiger partial charge is 0.274 e. The Labute approximate surface area is 102 Å². The first-order valence-electron chi connectivity index (χ1n) is 5.12. The molecular weight excluding hydrogens is 230 g/mol. The fraction of sp³-hybridized carbons (Fsp3) is 0. The summed E-state index contributed by atoms with van der Waals surface area (Å²) in [5.74, 6) is 0.540. The third-order valence-electron chi connectivity index (χ3n) is 2.47. The summed E-state index contributed by atoms with van der Waals surface area (Å²) in [5.41, 5.74) is 7.66.